The van der Waals surface area contributed by atoms with Crippen LogP contribution in [-0.2, 0) is 9.84 Å². The molecule has 18 heavy (non-hydrogen) atoms. The molecule has 108 valence electrons. The Balaban J connectivity index is 2.46. The molecule has 4 heteroatoms. The molecule has 0 unspecified atom stereocenters. The Morgan fingerprint density at radius 1 is 1.28 bits per heavy atom. The molecule has 1 saturated carbocycles. The molecule has 0 spiro atoms. The molecule has 0 saturated heterocycles. The fourth-order valence-corrected chi connectivity index (χ4v) is 3.85. The molecule has 0 atom stereocenters. The minimum atomic E-state index is -2.82. The summed E-state index contributed by atoms with van der Waals surface area (Å²) in [4.78, 5) is 0. The largest absolute Gasteiger partial charge is 0.330 e. The zero-order chi connectivity index (χ0) is 13.8. The van der Waals surface area contributed by atoms with Crippen molar-refractivity contribution >= 4 is 9.84 Å². The van der Waals surface area contributed by atoms with E-state index in [2.05, 4.69) is 13.8 Å². The van der Waals surface area contributed by atoms with Gasteiger partial charge in [0.05, 0.1) is 0 Å². The first-order valence-corrected chi connectivity index (χ1v) is 9.22. The SMILES string of the molecule is CC(C)C1CCC(CN)(CCCS(C)(=O)=O)CC1. The van der Waals surface area contributed by atoms with Crippen LogP contribution in [0.25, 0.3) is 0 Å². The van der Waals surface area contributed by atoms with E-state index in [9.17, 15) is 8.42 Å². The maximum absolute atomic E-state index is 11.2. The van der Waals surface area contributed by atoms with Crippen molar-refractivity contribution in [2.24, 2.45) is 23.0 Å². The van der Waals surface area contributed by atoms with Gasteiger partial charge in [-0.15, -0.1) is 0 Å². The summed E-state index contributed by atoms with van der Waals surface area (Å²) < 4.78 is 22.4. The fraction of sp³-hybridized carbons (Fsp3) is 1.00. The van der Waals surface area contributed by atoms with Gasteiger partial charge in [-0.05, 0) is 62.3 Å². The van der Waals surface area contributed by atoms with Crippen LogP contribution in [0, 0.1) is 17.3 Å². The van der Waals surface area contributed by atoms with E-state index in [0.29, 0.717) is 12.3 Å². The van der Waals surface area contributed by atoms with Gasteiger partial charge in [0.2, 0.25) is 0 Å². The second-order valence-corrected chi connectivity index (χ2v) is 8.78. The van der Waals surface area contributed by atoms with Crippen molar-refractivity contribution in [3.8, 4) is 0 Å². The third-order valence-corrected chi connectivity index (χ3v) is 5.72. The molecule has 2 N–H and O–H groups in total. The first-order chi connectivity index (χ1) is 8.28. The molecule has 0 heterocycles. The lowest BCUT2D eigenvalue weighted by Gasteiger charge is -2.41. The van der Waals surface area contributed by atoms with Crippen LogP contribution < -0.4 is 5.73 Å². The van der Waals surface area contributed by atoms with Gasteiger partial charge in [0.25, 0.3) is 0 Å². The average molecular weight is 275 g/mol. The molecule has 1 aliphatic carbocycles. The Labute approximate surface area is 112 Å². The Morgan fingerprint density at radius 2 is 1.83 bits per heavy atom. The van der Waals surface area contributed by atoms with E-state index in [1.54, 1.807) is 0 Å². The van der Waals surface area contributed by atoms with Crippen molar-refractivity contribution in [2.75, 3.05) is 18.6 Å². The molecule has 3 nitrogen and oxygen atoms in total. The van der Waals surface area contributed by atoms with Crippen LogP contribution in [0.1, 0.15) is 52.4 Å². The van der Waals surface area contributed by atoms with Crippen LogP contribution in [0.2, 0.25) is 0 Å². The maximum atomic E-state index is 11.2. The van der Waals surface area contributed by atoms with Crippen LogP contribution in [0.5, 0.6) is 0 Å². The molecule has 1 fully saturated rings. The number of rotatable bonds is 6. The molecule has 0 radical (unpaired) electrons. The second kappa shape index (κ2) is 6.38. The Morgan fingerprint density at radius 3 is 2.22 bits per heavy atom. The quantitative estimate of drug-likeness (QED) is 0.810. The number of nitrogens with two attached hydrogens (primary N) is 1. The van der Waals surface area contributed by atoms with Gasteiger partial charge in [-0.2, -0.15) is 0 Å². The summed E-state index contributed by atoms with van der Waals surface area (Å²) in [5.41, 5.74) is 6.18. The van der Waals surface area contributed by atoms with E-state index in [0.717, 1.165) is 24.7 Å². The van der Waals surface area contributed by atoms with Gasteiger partial charge < -0.3 is 5.73 Å². The lowest BCUT2D eigenvalue weighted by molar-refractivity contribution is 0.122. The maximum Gasteiger partial charge on any atom is 0.147 e. The molecule has 0 aromatic heterocycles. The number of hydrogen-bond donors (Lipinski definition) is 1. The Hall–Kier alpha value is -0.0900. The van der Waals surface area contributed by atoms with E-state index in [4.69, 9.17) is 5.73 Å². The molecular formula is C14H29NO2S. The van der Waals surface area contributed by atoms with E-state index in [1.807, 2.05) is 0 Å². The highest BCUT2D eigenvalue weighted by Crippen LogP contribution is 2.43. The Kier molecular flexibility index (Phi) is 5.66. The molecule has 0 aliphatic heterocycles. The van der Waals surface area contributed by atoms with E-state index < -0.39 is 9.84 Å². The highest BCUT2D eigenvalue weighted by atomic mass is 32.2. The van der Waals surface area contributed by atoms with Crippen LogP contribution in [0.3, 0.4) is 0 Å². The van der Waals surface area contributed by atoms with Crippen LogP contribution in [0.4, 0.5) is 0 Å². The summed E-state index contributed by atoms with van der Waals surface area (Å²) in [6, 6.07) is 0. The van der Waals surface area contributed by atoms with Crippen molar-refractivity contribution in [1.29, 1.82) is 0 Å². The predicted molar refractivity (Wildman–Crippen MR) is 77.2 cm³/mol. The van der Waals surface area contributed by atoms with Crippen LogP contribution in [0.15, 0.2) is 0 Å². The average Bonchev–Trinajstić information content (AvgIpc) is 2.28. The first-order valence-electron chi connectivity index (χ1n) is 7.16. The first kappa shape index (κ1) is 16.0. The number of sulfone groups is 1. The minimum absolute atomic E-state index is 0.218. The van der Waals surface area contributed by atoms with Gasteiger partial charge in [0.1, 0.15) is 9.84 Å². The van der Waals surface area contributed by atoms with Crippen molar-refractivity contribution in [3.63, 3.8) is 0 Å². The monoisotopic (exact) mass is 275 g/mol. The topological polar surface area (TPSA) is 60.2 Å². The van der Waals surface area contributed by atoms with Crippen molar-refractivity contribution in [1.82, 2.24) is 0 Å². The third kappa shape index (κ3) is 4.88. The fourth-order valence-electron chi connectivity index (χ4n) is 3.18. The molecule has 0 aromatic rings. The summed E-state index contributed by atoms with van der Waals surface area (Å²) in [5, 5.41) is 0. The smallest absolute Gasteiger partial charge is 0.147 e. The van der Waals surface area contributed by atoms with Gasteiger partial charge in [-0.3, -0.25) is 0 Å². The van der Waals surface area contributed by atoms with E-state index in [1.165, 1.54) is 31.9 Å². The summed E-state index contributed by atoms with van der Waals surface area (Å²) in [6.07, 6.45) is 7.93. The predicted octanol–water partition coefficient (Wildman–Crippen LogP) is 2.60. The molecule has 0 amide bonds. The summed E-state index contributed by atoms with van der Waals surface area (Å²) in [5.74, 6) is 1.90. The van der Waals surface area contributed by atoms with Gasteiger partial charge in [-0.25, -0.2) is 8.42 Å². The summed E-state index contributed by atoms with van der Waals surface area (Å²) in [7, 11) is -2.82. The lowest BCUT2D eigenvalue weighted by atomic mass is 9.66. The Bertz CT molecular complexity index is 341. The molecule has 1 aliphatic rings. The standard InChI is InChI=1S/C14H29NO2S/c1-12(2)13-5-8-14(11-15,9-6-13)7-4-10-18(3,16)17/h12-13H,4-11,15H2,1-3H3. The zero-order valence-corrected chi connectivity index (χ0v) is 12.9. The van der Waals surface area contributed by atoms with Crippen LogP contribution >= 0.6 is 0 Å². The molecular weight excluding hydrogens is 246 g/mol. The van der Waals surface area contributed by atoms with Crippen molar-refractivity contribution < 1.29 is 8.42 Å². The molecule has 1 rings (SSSR count). The highest BCUT2D eigenvalue weighted by molar-refractivity contribution is 7.90. The van der Waals surface area contributed by atoms with E-state index in [-0.39, 0.29) is 5.41 Å². The van der Waals surface area contributed by atoms with Crippen LogP contribution in [-0.4, -0.2) is 27.0 Å². The lowest BCUT2D eigenvalue weighted by Crippen LogP contribution is -2.36. The van der Waals surface area contributed by atoms with E-state index >= 15 is 0 Å². The van der Waals surface area contributed by atoms with Gasteiger partial charge in [0.15, 0.2) is 0 Å². The summed E-state index contributed by atoms with van der Waals surface area (Å²) >= 11 is 0. The summed E-state index contributed by atoms with van der Waals surface area (Å²) in [6.45, 7) is 5.30. The minimum Gasteiger partial charge on any atom is -0.330 e. The second-order valence-electron chi connectivity index (χ2n) is 6.52. The molecule has 0 aromatic carbocycles. The zero-order valence-electron chi connectivity index (χ0n) is 12.1. The number of hydrogen-bond acceptors (Lipinski definition) is 3. The molecule has 0 bridgehead atoms. The van der Waals surface area contributed by atoms with Crippen molar-refractivity contribution in [3.05, 3.63) is 0 Å². The van der Waals surface area contributed by atoms with Crippen molar-refractivity contribution in [2.45, 2.75) is 52.4 Å². The van der Waals surface area contributed by atoms with Gasteiger partial charge in [0, 0.05) is 12.0 Å². The highest BCUT2D eigenvalue weighted by Gasteiger charge is 2.34. The normalized spacial score (nSPS) is 29.7. The third-order valence-electron chi connectivity index (χ3n) is 4.69. The van der Waals surface area contributed by atoms with Gasteiger partial charge in [-0.1, -0.05) is 13.8 Å². The van der Waals surface area contributed by atoms with Gasteiger partial charge >= 0.3 is 0 Å².